The molecule has 1 N–H and O–H groups in total. The van der Waals surface area contributed by atoms with Gasteiger partial charge in [0.2, 0.25) is 5.44 Å². The van der Waals surface area contributed by atoms with Crippen molar-refractivity contribution in [3.8, 4) is 5.75 Å². The highest BCUT2D eigenvalue weighted by Crippen LogP contribution is 2.30. The summed E-state index contributed by atoms with van der Waals surface area (Å²) in [5.41, 5.74) is 0.929. The van der Waals surface area contributed by atoms with Crippen LogP contribution in [-0.4, -0.2) is 18.4 Å². The van der Waals surface area contributed by atoms with Crippen molar-refractivity contribution in [2.24, 2.45) is 0 Å². The lowest BCUT2D eigenvalue weighted by Crippen LogP contribution is -2.27. The summed E-state index contributed by atoms with van der Waals surface area (Å²) in [5, 5.41) is 0. The summed E-state index contributed by atoms with van der Waals surface area (Å²) < 4.78 is 39.0. The summed E-state index contributed by atoms with van der Waals surface area (Å²) in [6, 6.07) is 6.14. The molecule has 30 heavy (non-hydrogen) atoms. The standard InChI is InChI=1S/C25H44O4S/c1-4-7-9-11-13-15-18-22-20-17-21-23(19-16-14-12-10-8-5-2)25(22)29-24(6-3)30(26,27)28/h17,20-21,24H,4-16,18-19H2,1-3H3,(H,26,27,28). The summed E-state index contributed by atoms with van der Waals surface area (Å²) in [6.45, 7) is 6.17. The zero-order valence-electron chi connectivity index (χ0n) is 19.5. The molecule has 0 spiro atoms. The first-order valence-electron chi connectivity index (χ1n) is 12.2. The molecule has 0 amide bonds. The lowest BCUT2D eigenvalue weighted by molar-refractivity contribution is 0.248. The van der Waals surface area contributed by atoms with Crippen LogP contribution >= 0.6 is 0 Å². The fourth-order valence-electron chi connectivity index (χ4n) is 3.86. The van der Waals surface area contributed by atoms with Crippen molar-refractivity contribution < 1.29 is 17.7 Å². The number of hydrogen-bond acceptors (Lipinski definition) is 3. The van der Waals surface area contributed by atoms with Gasteiger partial charge in [0.05, 0.1) is 0 Å². The van der Waals surface area contributed by atoms with Crippen LogP contribution in [0.5, 0.6) is 5.75 Å². The molecule has 0 saturated heterocycles. The molecule has 0 aliphatic rings. The van der Waals surface area contributed by atoms with E-state index in [0.29, 0.717) is 5.75 Å². The van der Waals surface area contributed by atoms with E-state index in [1.54, 1.807) is 6.92 Å². The summed E-state index contributed by atoms with van der Waals surface area (Å²) >= 11 is 0. The minimum Gasteiger partial charge on any atom is -0.471 e. The number of unbranched alkanes of at least 4 members (excludes halogenated alkanes) is 10. The zero-order chi connectivity index (χ0) is 22.2. The van der Waals surface area contributed by atoms with Gasteiger partial charge >= 0.3 is 10.1 Å². The Labute approximate surface area is 185 Å². The molecular weight excluding hydrogens is 396 g/mol. The van der Waals surface area contributed by atoms with Gasteiger partial charge in [0.15, 0.2) is 0 Å². The second kappa shape index (κ2) is 15.7. The van der Waals surface area contributed by atoms with Gasteiger partial charge in [-0.05, 0) is 43.2 Å². The first-order chi connectivity index (χ1) is 14.4. The van der Waals surface area contributed by atoms with Crippen molar-refractivity contribution in [2.45, 2.75) is 123 Å². The minimum atomic E-state index is -4.24. The monoisotopic (exact) mass is 440 g/mol. The smallest absolute Gasteiger partial charge is 0.303 e. The molecule has 0 radical (unpaired) electrons. The SMILES string of the molecule is CCCCCCCCc1cccc(CCCCCCCC)c1OC(CC)S(=O)(=O)O. The molecule has 1 aromatic rings. The molecule has 0 aromatic heterocycles. The van der Waals surface area contributed by atoms with Gasteiger partial charge in [0, 0.05) is 0 Å². The van der Waals surface area contributed by atoms with E-state index in [1.165, 1.54) is 64.2 Å². The van der Waals surface area contributed by atoms with Crippen molar-refractivity contribution in [1.29, 1.82) is 0 Å². The Morgan fingerprint density at radius 3 is 1.60 bits per heavy atom. The van der Waals surface area contributed by atoms with Crippen LogP contribution < -0.4 is 4.74 Å². The molecule has 174 valence electrons. The van der Waals surface area contributed by atoms with Crippen LogP contribution in [0, 0.1) is 0 Å². The zero-order valence-corrected chi connectivity index (χ0v) is 20.3. The molecule has 0 aliphatic heterocycles. The number of rotatable bonds is 18. The second-order valence-electron chi connectivity index (χ2n) is 8.41. The van der Waals surface area contributed by atoms with Gasteiger partial charge in [-0.2, -0.15) is 8.42 Å². The number of para-hydroxylation sites is 1. The predicted octanol–water partition coefficient (Wildman–Crippen LogP) is 7.50. The lowest BCUT2D eigenvalue weighted by atomic mass is 9.98. The van der Waals surface area contributed by atoms with Crippen molar-refractivity contribution in [1.82, 2.24) is 0 Å². The van der Waals surface area contributed by atoms with Crippen molar-refractivity contribution in [3.05, 3.63) is 29.3 Å². The molecule has 0 heterocycles. The number of ether oxygens (including phenoxy) is 1. The Hall–Kier alpha value is -1.07. The lowest BCUT2D eigenvalue weighted by Gasteiger charge is -2.20. The number of hydrogen-bond donors (Lipinski definition) is 1. The largest absolute Gasteiger partial charge is 0.471 e. The van der Waals surface area contributed by atoms with E-state index in [1.807, 2.05) is 12.1 Å². The summed E-state index contributed by atoms with van der Waals surface area (Å²) in [5.74, 6) is 0.684. The summed E-state index contributed by atoms with van der Waals surface area (Å²) in [7, 11) is -4.24. The van der Waals surface area contributed by atoms with E-state index in [4.69, 9.17) is 4.74 Å². The van der Waals surface area contributed by atoms with Crippen LogP contribution in [0.25, 0.3) is 0 Å². The van der Waals surface area contributed by atoms with Gasteiger partial charge in [-0.25, -0.2) is 0 Å². The topological polar surface area (TPSA) is 63.6 Å². The van der Waals surface area contributed by atoms with Gasteiger partial charge < -0.3 is 4.74 Å². The van der Waals surface area contributed by atoms with E-state index in [0.717, 1.165) is 36.8 Å². The summed E-state index contributed by atoms with van der Waals surface area (Å²) in [4.78, 5) is 0. The molecule has 1 aromatic carbocycles. The fourth-order valence-corrected chi connectivity index (χ4v) is 4.50. The average molecular weight is 441 g/mol. The molecule has 4 nitrogen and oxygen atoms in total. The molecule has 1 unspecified atom stereocenters. The number of benzene rings is 1. The predicted molar refractivity (Wildman–Crippen MR) is 127 cm³/mol. The first kappa shape index (κ1) is 27.0. The second-order valence-corrected chi connectivity index (χ2v) is 9.97. The van der Waals surface area contributed by atoms with Gasteiger partial charge in [0.1, 0.15) is 5.75 Å². The van der Waals surface area contributed by atoms with E-state index in [-0.39, 0.29) is 6.42 Å². The first-order valence-corrected chi connectivity index (χ1v) is 13.7. The third-order valence-electron chi connectivity index (χ3n) is 5.69. The third kappa shape index (κ3) is 10.8. The average Bonchev–Trinajstić information content (AvgIpc) is 2.71. The van der Waals surface area contributed by atoms with Crippen molar-refractivity contribution in [3.63, 3.8) is 0 Å². The van der Waals surface area contributed by atoms with Crippen LogP contribution in [0.1, 0.15) is 115 Å². The Bertz CT molecular complexity index is 635. The highest BCUT2D eigenvalue weighted by atomic mass is 32.2. The van der Waals surface area contributed by atoms with Gasteiger partial charge in [-0.3, -0.25) is 4.55 Å². The Morgan fingerprint density at radius 1 is 0.767 bits per heavy atom. The molecule has 1 rings (SSSR count). The minimum absolute atomic E-state index is 0.223. The highest BCUT2D eigenvalue weighted by molar-refractivity contribution is 7.86. The normalized spacial score (nSPS) is 12.8. The maximum Gasteiger partial charge on any atom is 0.303 e. The van der Waals surface area contributed by atoms with Crippen LogP contribution in [0.4, 0.5) is 0 Å². The molecular formula is C25H44O4S. The molecule has 1 atom stereocenters. The quantitative estimate of drug-likeness (QED) is 0.190. The van der Waals surface area contributed by atoms with Crippen molar-refractivity contribution >= 4 is 10.1 Å². The van der Waals surface area contributed by atoms with Gasteiger partial charge in [-0.1, -0.05) is 103 Å². The van der Waals surface area contributed by atoms with E-state index >= 15 is 0 Å². The Morgan fingerprint density at radius 2 is 1.20 bits per heavy atom. The molecule has 0 fully saturated rings. The summed E-state index contributed by atoms with van der Waals surface area (Å²) in [6.07, 6.45) is 16.6. The van der Waals surface area contributed by atoms with Gasteiger partial charge in [-0.15, -0.1) is 0 Å². The van der Waals surface area contributed by atoms with Crippen LogP contribution in [0.3, 0.4) is 0 Å². The number of aryl methyl sites for hydroxylation is 2. The molecule has 0 saturated carbocycles. The molecule has 5 heteroatoms. The molecule has 0 bridgehead atoms. The highest BCUT2D eigenvalue weighted by Gasteiger charge is 2.25. The molecule has 0 aliphatic carbocycles. The van der Waals surface area contributed by atoms with Crippen LogP contribution in [0.15, 0.2) is 18.2 Å². The van der Waals surface area contributed by atoms with Crippen molar-refractivity contribution in [2.75, 3.05) is 0 Å². The van der Waals surface area contributed by atoms with E-state index in [2.05, 4.69) is 19.9 Å². The maximum absolute atomic E-state index is 11.7. The Balaban J connectivity index is 2.83. The van der Waals surface area contributed by atoms with Crippen LogP contribution in [0.2, 0.25) is 0 Å². The third-order valence-corrected chi connectivity index (χ3v) is 6.79. The van der Waals surface area contributed by atoms with Crippen LogP contribution in [-0.2, 0) is 23.0 Å². The van der Waals surface area contributed by atoms with E-state index < -0.39 is 15.6 Å². The van der Waals surface area contributed by atoms with Gasteiger partial charge in [0.25, 0.3) is 0 Å². The maximum atomic E-state index is 11.7. The Kier molecular flexibility index (Phi) is 14.1. The van der Waals surface area contributed by atoms with E-state index in [9.17, 15) is 13.0 Å². The fraction of sp³-hybridized carbons (Fsp3) is 0.760.